The van der Waals surface area contributed by atoms with Crippen LogP contribution in [-0.2, 0) is 16.1 Å². The lowest BCUT2D eigenvalue weighted by atomic mass is 10.00. The molecule has 1 amide bonds. The highest BCUT2D eigenvalue weighted by Crippen LogP contribution is 2.29. The summed E-state index contributed by atoms with van der Waals surface area (Å²) in [4.78, 5) is 18.8. The predicted molar refractivity (Wildman–Crippen MR) is 105 cm³/mol. The lowest BCUT2D eigenvalue weighted by Gasteiger charge is -2.48. The second-order valence-electron chi connectivity index (χ2n) is 7.41. The van der Waals surface area contributed by atoms with Gasteiger partial charge in [0.2, 0.25) is 5.91 Å². The molecular weight excluding hydrogens is 354 g/mol. The number of aromatic nitrogens is 3. The molecule has 2 aliphatic heterocycles. The maximum absolute atomic E-state index is 12.8. The number of hydrogen-bond acceptors (Lipinski definition) is 5. The minimum atomic E-state index is 0.0572. The molecule has 2 atom stereocenters. The number of hydrogen-bond donors (Lipinski definition) is 0. The maximum atomic E-state index is 12.8. The molecule has 28 heavy (non-hydrogen) atoms. The molecule has 5 rings (SSSR count). The molecule has 0 N–H and O–H groups in total. The van der Waals surface area contributed by atoms with E-state index >= 15 is 0 Å². The van der Waals surface area contributed by atoms with E-state index in [2.05, 4.69) is 39.4 Å². The van der Waals surface area contributed by atoms with Crippen LogP contribution in [0.1, 0.15) is 11.6 Å². The van der Waals surface area contributed by atoms with Crippen LogP contribution in [0.25, 0.3) is 11.0 Å². The molecule has 0 spiro atoms. The first-order valence-electron chi connectivity index (χ1n) is 9.74. The van der Waals surface area contributed by atoms with Crippen LogP contribution < -0.4 is 0 Å². The highest BCUT2D eigenvalue weighted by molar-refractivity contribution is 5.77. The Balaban J connectivity index is 1.26. The van der Waals surface area contributed by atoms with E-state index in [4.69, 9.17) is 4.74 Å². The van der Waals surface area contributed by atoms with Crippen LogP contribution in [0.2, 0.25) is 0 Å². The topological polar surface area (TPSA) is 63.5 Å². The van der Waals surface area contributed by atoms with Crippen LogP contribution in [0, 0.1) is 0 Å². The summed E-state index contributed by atoms with van der Waals surface area (Å²) in [6.45, 7) is 3.80. The van der Waals surface area contributed by atoms with Gasteiger partial charge in [-0.25, -0.2) is 0 Å². The number of carbonyl (C=O) groups is 1. The summed E-state index contributed by atoms with van der Waals surface area (Å²) in [6, 6.07) is 18.6. The SMILES string of the molecule is O=C(Cn1nc2ccccc2n1)N1CCN2[C@@H](COC[C@@H]2c2ccccc2)C1. The lowest BCUT2D eigenvalue weighted by molar-refractivity contribution is -0.141. The maximum Gasteiger partial charge on any atom is 0.246 e. The zero-order valence-corrected chi connectivity index (χ0v) is 15.6. The van der Waals surface area contributed by atoms with E-state index in [1.54, 1.807) is 0 Å². The average Bonchev–Trinajstić information content (AvgIpc) is 3.15. The largest absolute Gasteiger partial charge is 0.378 e. The molecule has 0 saturated carbocycles. The van der Waals surface area contributed by atoms with Crippen LogP contribution in [0.4, 0.5) is 0 Å². The molecule has 0 unspecified atom stereocenters. The Morgan fingerprint density at radius 2 is 1.68 bits per heavy atom. The lowest BCUT2D eigenvalue weighted by Crippen LogP contribution is -2.60. The van der Waals surface area contributed by atoms with Crippen LogP contribution >= 0.6 is 0 Å². The Kier molecular flexibility index (Phi) is 4.54. The number of fused-ring (bicyclic) bond motifs is 2. The van der Waals surface area contributed by atoms with Crippen molar-refractivity contribution in [2.24, 2.45) is 0 Å². The number of piperazine rings is 1. The van der Waals surface area contributed by atoms with Gasteiger partial charge in [-0.1, -0.05) is 42.5 Å². The summed E-state index contributed by atoms with van der Waals surface area (Å²) in [5.41, 5.74) is 2.90. The molecule has 1 aromatic heterocycles. The minimum Gasteiger partial charge on any atom is -0.378 e. The van der Waals surface area contributed by atoms with Crippen molar-refractivity contribution in [3.8, 4) is 0 Å². The smallest absolute Gasteiger partial charge is 0.246 e. The number of ether oxygens (including phenoxy) is 1. The predicted octanol–water partition coefficient (Wildman–Crippen LogP) is 1.72. The molecule has 7 heteroatoms. The Labute approximate surface area is 163 Å². The van der Waals surface area contributed by atoms with Crippen molar-refractivity contribution in [1.29, 1.82) is 0 Å². The fourth-order valence-electron chi connectivity index (χ4n) is 4.22. The van der Waals surface area contributed by atoms with Gasteiger partial charge in [0.15, 0.2) is 0 Å². The number of benzene rings is 2. The first kappa shape index (κ1) is 17.3. The zero-order chi connectivity index (χ0) is 18.9. The normalized spacial score (nSPS) is 22.9. The van der Waals surface area contributed by atoms with Crippen LogP contribution in [0.15, 0.2) is 54.6 Å². The summed E-state index contributed by atoms with van der Waals surface area (Å²) in [6.07, 6.45) is 0. The third-order valence-corrected chi connectivity index (χ3v) is 5.66. The summed E-state index contributed by atoms with van der Waals surface area (Å²) in [5, 5.41) is 8.81. The Bertz CT molecular complexity index is 940. The van der Waals surface area contributed by atoms with Gasteiger partial charge in [0, 0.05) is 19.6 Å². The molecule has 0 radical (unpaired) electrons. The third kappa shape index (κ3) is 3.27. The van der Waals surface area contributed by atoms with E-state index in [1.165, 1.54) is 10.4 Å². The van der Waals surface area contributed by atoms with Gasteiger partial charge in [-0.05, 0) is 17.7 Å². The quantitative estimate of drug-likeness (QED) is 0.695. The highest BCUT2D eigenvalue weighted by Gasteiger charge is 2.37. The standard InChI is InChI=1S/C21H23N5O2/c27-21(13-26-22-18-8-4-5-9-19(18)23-26)24-10-11-25-17(12-24)14-28-15-20(25)16-6-2-1-3-7-16/h1-9,17,20H,10-15H2/t17-,20-/m1/s1. The highest BCUT2D eigenvalue weighted by atomic mass is 16.5. The first-order chi connectivity index (χ1) is 13.8. The summed E-state index contributed by atoms with van der Waals surface area (Å²) >= 11 is 0. The fraction of sp³-hybridized carbons (Fsp3) is 0.381. The molecule has 2 aromatic carbocycles. The van der Waals surface area contributed by atoms with Crippen molar-refractivity contribution in [2.75, 3.05) is 32.8 Å². The van der Waals surface area contributed by atoms with E-state index in [0.717, 1.165) is 24.1 Å². The van der Waals surface area contributed by atoms with Crippen molar-refractivity contribution in [2.45, 2.75) is 18.6 Å². The number of amides is 1. The third-order valence-electron chi connectivity index (χ3n) is 5.66. The van der Waals surface area contributed by atoms with Crippen LogP contribution in [0.5, 0.6) is 0 Å². The first-order valence-corrected chi connectivity index (χ1v) is 9.74. The van der Waals surface area contributed by atoms with Gasteiger partial charge in [-0.2, -0.15) is 15.0 Å². The van der Waals surface area contributed by atoms with E-state index in [1.807, 2.05) is 35.2 Å². The van der Waals surface area contributed by atoms with Gasteiger partial charge in [-0.3, -0.25) is 9.69 Å². The second kappa shape index (κ2) is 7.33. The van der Waals surface area contributed by atoms with E-state index in [9.17, 15) is 4.79 Å². The van der Waals surface area contributed by atoms with E-state index < -0.39 is 0 Å². The van der Waals surface area contributed by atoms with Crippen molar-refractivity contribution < 1.29 is 9.53 Å². The molecule has 3 aromatic rings. The number of carbonyl (C=O) groups excluding carboxylic acids is 1. The number of morpholine rings is 1. The average molecular weight is 377 g/mol. The van der Waals surface area contributed by atoms with Crippen molar-refractivity contribution in [3.05, 3.63) is 60.2 Å². The minimum absolute atomic E-state index is 0.0572. The summed E-state index contributed by atoms with van der Waals surface area (Å²) in [5.74, 6) is 0.0572. The zero-order valence-electron chi connectivity index (χ0n) is 15.6. The van der Waals surface area contributed by atoms with E-state index in [0.29, 0.717) is 19.8 Å². The van der Waals surface area contributed by atoms with Crippen LogP contribution in [-0.4, -0.2) is 69.6 Å². The summed E-state index contributed by atoms with van der Waals surface area (Å²) < 4.78 is 5.88. The van der Waals surface area contributed by atoms with Gasteiger partial charge in [0.25, 0.3) is 0 Å². The number of nitrogens with zero attached hydrogens (tertiary/aromatic N) is 5. The molecule has 2 fully saturated rings. The monoisotopic (exact) mass is 377 g/mol. The molecular formula is C21H23N5O2. The molecule has 2 saturated heterocycles. The Hall–Kier alpha value is -2.77. The van der Waals surface area contributed by atoms with E-state index in [-0.39, 0.29) is 24.5 Å². The summed E-state index contributed by atoms with van der Waals surface area (Å²) in [7, 11) is 0. The van der Waals surface area contributed by atoms with Gasteiger partial charge in [-0.15, -0.1) is 0 Å². The van der Waals surface area contributed by atoms with Crippen molar-refractivity contribution in [1.82, 2.24) is 24.8 Å². The van der Waals surface area contributed by atoms with Crippen LogP contribution in [0.3, 0.4) is 0 Å². The second-order valence-corrected chi connectivity index (χ2v) is 7.41. The Morgan fingerprint density at radius 1 is 0.964 bits per heavy atom. The Morgan fingerprint density at radius 3 is 2.43 bits per heavy atom. The molecule has 0 aliphatic carbocycles. The molecule has 2 aliphatic rings. The van der Waals surface area contributed by atoms with Gasteiger partial charge in [0.1, 0.15) is 17.6 Å². The molecule has 144 valence electrons. The number of rotatable bonds is 3. The molecule has 0 bridgehead atoms. The van der Waals surface area contributed by atoms with Gasteiger partial charge < -0.3 is 9.64 Å². The van der Waals surface area contributed by atoms with Gasteiger partial charge >= 0.3 is 0 Å². The van der Waals surface area contributed by atoms with Crippen molar-refractivity contribution >= 4 is 16.9 Å². The fourth-order valence-corrected chi connectivity index (χ4v) is 4.22. The molecule has 3 heterocycles. The van der Waals surface area contributed by atoms with Gasteiger partial charge in [0.05, 0.1) is 25.3 Å². The van der Waals surface area contributed by atoms with Crippen molar-refractivity contribution in [3.63, 3.8) is 0 Å². The molecule has 7 nitrogen and oxygen atoms in total.